The monoisotopic (exact) mass is 420 g/mol. The first kappa shape index (κ1) is 21.4. The van der Waals surface area contributed by atoms with Gasteiger partial charge in [-0.1, -0.05) is 49.2 Å². The van der Waals surface area contributed by atoms with Crippen LogP contribution in [0.1, 0.15) is 36.8 Å². The number of carbonyl (C=O) groups excluding carboxylic acids is 1. The summed E-state index contributed by atoms with van der Waals surface area (Å²) in [6.45, 7) is 4.10. The fourth-order valence-electron chi connectivity index (χ4n) is 4.49. The normalized spacial score (nSPS) is 17.9. The molecule has 1 aliphatic heterocycles. The number of ether oxygens (including phenoxy) is 2. The molecular weight excluding hydrogens is 388 g/mol. The fourth-order valence-corrected chi connectivity index (χ4v) is 4.49. The second kappa shape index (κ2) is 10.5. The summed E-state index contributed by atoms with van der Waals surface area (Å²) in [6.07, 6.45) is 8.87. The van der Waals surface area contributed by atoms with Gasteiger partial charge in [0.05, 0.1) is 7.11 Å². The molecule has 0 unspecified atom stereocenters. The number of nitrogens with zero attached hydrogens (tertiary/aromatic N) is 2. The van der Waals surface area contributed by atoms with E-state index in [0.29, 0.717) is 18.1 Å². The topological polar surface area (TPSA) is 42.0 Å². The van der Waals surface area contributed by atoms with Crippen molar-refractivity contribution in [2.75, 3.05) is 33.3 Å². The minimum absolute atomic E-state index is 0.0782. The van der Waals surface area contributed by atoms with Gasteiger partial charge in [0.2, 0.25) is 5.91 Å². The summed E-state index contributed by atoms with van der Waals surface area (Å²) in [6, 6.07) is 16.5. The summed E-state index contributed by atoms with van der Waals surface area (Å²) in [4.78, 5) is 17.2. The van der Waals surface area contributed by atoms with Crippen molar-refractivity contribution in [1.82, 2.24) is 9.80 Å². The van der Waals surface area contributed by atoms with Gasteiger partial charge in [0.15, 0.2) is 11.5 Å². The standard InChI is InChI=1S/C26H32N2O3/c1-30-25-19-21(11-13-24(25)31-20-22-7-3-2-4-8-22)12-14-26(29)28-17-15-27(16-18-28)23-9-5-6-10-23/h2-4,7-8,11-14,19,23H,5-6,9-10,15-18,20H2,1H3. The zero-order valence-electron chi connectivity index (χ0n) is 18.3. The Labute approximate surface area is 185 Å². The molecule has 1 heterocycles. The van der Waals surface area contributed by atoms with Gasteiger partial charge in [0, 0.05) is 38.3 Å². The van der Waals surface area contributed by atoms with E-state index in [-0.39, 0.29) is 5.91 Å². The molecule has 0 radical (unpaired) electrons. The van der Waals surface area contributed by atoms with Gasteiger partial charge < -0.3 is 14.4 Å². The van der Waals surface area contributed by atoms with Crippen molar-refractivity contribution in [1.29, 1.82) is 0 Å². The van der Waals surface area contributed by atoms with Crippen LogP contribution in [0, 0.1) is 0 Å². The third kappa shape index (κ3) is 5.67. The average molecular weight is 421 g/mol. The zero-order valence-corrected chi connectivity index (χ0v) is 18.3. The van der Waals surface area contributed by atoms with Gasteiger partial charge >= 0.3 is 0 Å². The number of amides is 1. The van der Waals surface area contributed by atoms with Crippen molar-refractivity contribution < 1.29 is 14.3 Å². The van der Waals surface area contributed by atoms with Crippen LogP contribution in [0.4, 0.5) is 0 Å². The molecule has 0 aromatic heterocycles. The molecule has 4 rings (SSSR count). The lowest BCUT2D eigenvalue weighted by atomic mass is 10.1. The lowest BCUT2D eigenvalue weighted by Gasteiger charge is -2.37. The van der Waals surface area contributed by atoms with Crippen LogP contribution in [0.3, 0.4) is 0 Å². The van der Waals surface area contributed by atoms with Crippen molar-refractivity contribution in [2.24, 2.45) is 0 Å². The molecule has 2 aromatic rings. The third-order valence-corrected chi connectivity index (χ3v) is 6.31. The summed E-state index contributed by atoms with van der Waals surface area (Å²) in [5.74, 6) is 1.43. The van der Waals surface area contributed by atoms with Crippen LogP contribution in [0.2, 0.25) is 0 Å². The van der Waals surface area contributed by atoms with E-state index in [2.05, 4.69) is 4.90 Å². The maximum absolute atomic E-state index is 12.6. The summed E-state index contributed by atoms with van der Waals surface area (Å²) in [5.41, 5.74) is 2.02. The highest BCUT2D eigenvalue weighted by Gasteiger charge is 2.27. The van der Waals surface area contributed by atoms with Crippen molar-refractivity contribution in [2.45, 2.75) is 38.3 Å². The minimum atomic E-state index is 0.0782. The second-order valence-corrected chi connectivity index (χ2v) is 8.32. The fraction of sp³-hybridized carbons (Fsp3) is 0.423. The quantitative estimate of drug-likeness (QED) is 0.624. The Morgan fingerprint density at radius 2 is 1.74 bits per heavy atom. The van der Waals surface area contributed by atoms with E-state index < -0.39 is 0 Å². The predicted molar refractivity (Wildman–Crippen MR) is 123 cm³/mol. The van der Waals surface area contributed by atoms with Crippen LogP contribution >= 0.6 is 0 Å². The van der Waals surface area contributed by atoms with Gasteiger partial charge in [-0.15, -0.1) is 0 Å². The van der Waals surface area contributed by atoms with E-state index in [1.54, 1.807) is 13.2 Å². The molecule has 0 bridgehead atoms. The number of benzene rings is 2. The largest absolute Gasteiger partial charge is 0.493 e. The van der Waals surface area contributed by atoms with E-state index >= 15 is 0 Å². The molecule has 0 N–H and O–H groups in total. The van der Waals surface area contributed by atoms with Crippen LogP contribution in [-0.2, 0) is 11.4 Å². The van der Waals surface area contributed by atoms with E-state index in [1.807, 2.05) is 59.5 Å². The Kier molecular flexibility index (Phi) is 7.26. The summed E-state index contributed by atoms with van der Waals surface area (Å²) >= 11 is 0. The number of carbonyl (C=O) groups is 1. The zero-order chi connectivity index (χ0) is 21.5. The first-order valence-corrected chi connectivity index (χ1v) is 11.3. The van der Waals surface area contributed by atoms with Gasteiger partial charge in [0.1, 0.15) is 6.61 Å². The highest BCUT2D eigenvalue weighted by Crippen LogP contribution is 2.29. The molecule has 5 heteroatoms. The van der Waals surface area contributed by atoms with Gasteiger partial charge in [-0.25, -0.2) is 0 Å². The molecule has 1 saturated carbocycles. The Balaban J connectivity index is 1.31. The van der Waals surface area contributed by atoms with Crippen molar-refractivity contribution in [3.05, 3.63) is 65.7 Å². The van der Waals surface area contributed by atoms with E-state index in [9.17, 15) is 4.79 Å². The molecule has 2 fully saturated rings. The summed E-state index contributed by atoms with van der Waals surface area (Å²) in [7, 11) is 1.63. The molecule has 2 aliphatic rings. The average Bonchev–Trinajstić information content (AvgIpc) is 3.37. The number of hydrogen-bond donors (Lipinski definition) is 0. The van der Waals surface area contributed by atoms with Crippen LogP contribution in [0.15, 0.2) is 54.6 Å². The third-order valence-electron chi connectivity index (χ3n) is 6.31. The van der Waals surface area contributed by atoms with Crippen LogP contribution in [0.5, 0.6) is 11.5 Å². The lowest BCUT2D eigenvalue weighted by Crippen LogP contribution is -2.51. The molecule has 0 atom stereocenters. The highest BCUT2D eigenvalue weighted by molar-refractivity contribution is 5.92. The molecule has 5 nitrogen and oxygen atoms in total. The smallest absolute Gasteiger partial charge is 0.246 e. The Bertz CT molecular complexity index is 883. The van der Waals surface area contributed by atoms with E-state index in [4.69, 9.17) is 9.47 Å². The molecule has 1 saturated heterocycles. The van der Waals surface area contributed by atoms with Crippen LogP contribution < -0.4 is 9.47 Å². The molecule has 0 spiro atoms. The first-order chi connectivity index (χ1) is 15.2. The van der Waals surface area contributed by atoms with Crippen molar-refractivity contribution >= 4 is 12.0 Å². The summed E-state index contributed by atoms with van der Waals surface area (Å²) in [5, 5.41) is 0. The van der Waals surface area contributed by atoms with Crippen LogP contribution in [0.25, 0.3) is 6.08 Å². The number of hydrogen-bond acceptors (Lipinski definition) is 4. The maximum atomic E-state index is 12.6. The number of methoxy groups -OCH3 is 1. The lowest BCUT2D eigenvalue weighted by molar-refractivity contribution is -0.127. The molecule has 1 amide bonds. The Morgan fingerprint density at radius 1 is 1.00 bits per heavy atom. The maximum Gasteiger partial charge on any atom is 0.246 e. The van der Waals surface area contributed by atoms with Crippen molar-refractivity contribution in [3.8, 4) is 11.5 Å². The molecule has 1 aliphatic carbocycles. The molecule has 31 heavy (non-hydrogen) atoms. The first-order valence-electron chi connectivity index (χ1n) is 11.3. The van der Waals surface area contributed by atoms with E-state index in [1.165, 1.54) is 25.7 Å². The Morgan fingerprint density at radius 3 is 2.45 bits per heavy atom. The van der Waals surface area contributed by atoms with Gasteiger partial charge in [0.25, 0.3) is 0 Å². The SMILES string of the molecule is COc1cc(C=CC(=O)N2CCN(C3CCCC3)CC2)ccc1OCc1ccccc1. The summed E-state index contributed by atoms with van der Waals surface area (Å²) < 4.78 is 11.4. The van der Waals surface area contributed by atoms with E-state index in [0.717, 1.165) is 43.3 Å². The van der Waals surface area contributed by atoms with Gasteiger partial charge in [-0.3, -0.25) is 9.69 Å². The Hall–Kier alpha value is -2.79. The number of piperazine rings is 1. The predicted octanol–water partition coefficient (Wildman–Crippen LogP) is 4.37. The van der Waals surface area contributed by atoms with Crippen molar-refractivity contribution in [3.63, 3.8) is 0 Å². The molecule has 2 aromatic carbocycles. The second-order valence-electron chi connectivity index (χ2n) is 8.32. The molecular formula is C26H32N2O3. The minimum Gasteiger partial charge on any atom is -0.493 e. The van der Waals surface area contributed by atoms with Gasteiger partial charge in [-0.05, 0) is 42.2 Å². The van der Waals surface area contributed by atoms with Gasteiger partial charge in [-0.2, -0.15) is 0 Å². The molecule has 164 valence electrons. The number of rotatable bonds is 7. The van der Waals surface area contributed by atoms with Crippen LogP contribution in [-0.4, -0.2) is 55.0 Å². The highest BCUT2D eigenvalue weighted by atomic mass is 16.5.